The quantitative estimate of drug-likeness (QED) is 0.494. The van der Waals surface area contributed by atoms with Gasteiger partial charge >= 0.3 is 0 Å². The smallest absolute Gasteiger partial charge is 0.255 e. The highest BCUT2D eigenvalue weighted by Crippen LogP contribution is 2.37. The van der Waals surface area contributed by atoms with Crippen LogP contribution in [0.5, 0.6) is 5.75 Å². The zero-order valence-corrected chi connectivity index (χ0v) is 20.0. The number of benzene rings is 1. The maximum Gasteiger partial charge on any atom is 0.255 e. The molecule has 33 heavy (non-hydrogen) atoms. The number of aromatic nitrogens is 3. The molecule has 2 heterocycles. The molecule has 176 valence electrons. The summed E-state index contributed by atoms with van der Waals surface area (Å²) in [4.78, 5) is 25.7. The maximum atomic E-state index is 13.2. The Kier molecular flexibility index (Phi) is 6.91. The highest BCUT2D eigenvalue weighted by Gasteiger charge is 2.26. The molecule has 0 saturated heterocycles. The Labute approximate surface area is 200 Å². The number of carbonyl (C=O) groups excluding carboxylic acids is 1. The molecule has 1 amide bonds. The van der Waals surface area contributed by atoms with Gasteiger partial charge < -0.3 is 20.8 Å². The predicted octanol–water partition coefficient (Wildman–Crippen LogP) is 4.45. The number of ether oxygens (including phenoxy) is 1. The molecule has 2 fully saturated rings. The summed E-state index contributed by atoms with van der Waals surface area (Å²) in [6, 6.07) is 6.56. The van der Waals surface area contributed by atoms with Crippen molar-refractivity contribution in [3.05, 3.63) is 41.3 Å². The number of H-pyrrole nitrogens is 1. The van der Waals surface area contributed by atoms with Gasteiger partial charge in [0.25, 0.3) is 5.91 Å². The summed E-state index contributed by atoms with van der Waals surface area (Å²) in [5.41, 5.74) is 11.6. The van der Waals surface area contributed by atoms with Gasteiger partial charge in [-0.15, -0.1) is 12.4 Å². The van der Waals surface area contributed by atoms with Crippen molar-refractivity contribution in [2.45, 2.75) is 64.5 Å². The third-order valence-corrected chi connectivity index (χ3v) is 6.67. The average Bonchev–Trinajstić information content (AvgIpc) is 3.54. The minimum absolute atomic E-state index is 0. The summed E-state index contributed by atoms with van der Waals surface area (Å²) in [6.07, 6.45) is 7.73. The van der Waals surface area contributed by atoms with Crippen molar-refractivity contribution < 1.29 is 9.53 Å². The number of nitrogens with zero attached hydrogens (tertiary/aromatic N) is 2. The summed E-state index contributed by atoms with van der Waals surface area (Å²) >= 11 is 0. The SMILES string of the molecule is Cc1ccc(OCC2CC2)c(-c2ncnc3c(C(=O)NC4CCC(N)CC4)c(C)[nH]c23)c1.Cl. The van der Waals surface area contributed by atoms with Crippen LogP contribution in [-0.2, 0) is 0 Å². The van der Waals surface area contributed by atoms with Crippen LogP contribution in [0.15, 0.2) is 24.5 Å². The second-order valence-electron chi connectivity index (χ2n) is 9.41. The van der Waals surface area contributed by atoms with Crippen molar-refractivity contribution in [1.82, 2.24) is 20.3 Å². The van der Waals surface area contributed by atoms with Crippen molar-refractivity contribution in [3.63, 3.8) is 0 Å². The predicted molar refractivity (Wildman–Crippen MR) is 132 cm³/mol. The minimum Gasteiger partial charge on any atom is -0.493 e. The minimum atomic E-state index is -0.0895. The number of aryl methyl sites for hydroxylation is 2. The maximum absolute atomic E-state index is 13.2. The molecule has 2 aliphatic rings. The molecule has 0 aliphatic heterocycles. The van der Waals surface area contributed by atoms with Crippen molar-refractivity contribution in [1.29, 1.82) is 0 Å². The van der Waals surface area contributed by atoms with Crippen LogP contribution < -0.4 is 15.8 Å². The lowest BCUT2D eigenvalue weighted by atomic mass is 9.91. The number of rotatable bonds is 6. The standard InChI is InChI=1S/C25H31N5O2.ClH/c1-14-3-10-20(32-12-16-4-5-16)19(11-14)22-24-23(28-13-27-22)21(15(2)29-24)25(31)30-18-8-6-17(26)7-9-18;/h3,10-11,13,16-18,29H,4-9,12,26H2,1-2H3,(H,30,31);1H. The molecule has 4 N–H and O–H groups in total. The van der Waals surface area contributed by atoms with Gasteiger partial charge in [-0.1, -0.05) is 11.6 Å². The van der Waals surface area contributed by atoms with Gasteiger partial charge in [0, 0.05) is 23.3 Å². The topological polar surface area (TPSA) is 106 Å². The Morgan fingerprint density at radius 3 is 2.64 bits per heavy atom. The van der Waals surface area contributed by atoms with Gasteiger partial charge in [0.05, 0.1) is 17.7 Å². The lowest BCUT2D eigenvalue weighted by molar-refractivity contribution is 0.0927. The van der Waals surface area contributed by atoms with E-state index < -0.39 is 0 Å². The van der Waals surface area contributed by atoms with E-state index in [1.807, 2.05) is 13.0 Å². The highest BCUT2D eigenvalue weighted by atomic mass is 35.5. The van der Waals surface area contributed by atoms with E-state index >= 15 is 0 Å². The Morgan fingerprint density at radius 1 is 1.15 bits per heavy atom. The van der Waals surface area contributed by atoms with E-state index in [9.17, 15) is 4.79 Å². The molecule has 0 radical (unpaired) electrons. The van der Waals surface area contributed by atoms with Crippen LogP contribution in [0.2, 0.25) is 0 Å². The van der Waals surface area contributed by atoms with Gasteiger partial charge in [0.1, 0.15) is 23.3 Å². The first-order valence-electron chi connectivity index (χ1n) is 11.6. The summed E-state index contributed by atoms with van der Waals surface area (Å²) in [6.45, 7) is 4.70. The number of hydrogen-bond donors (Lipinski definition) is 3. The largest absolute Gasteiger partial charge is 0.493 e. The Balaban J connectivity index is 0.00000259. The molecular weight excluding hydrogens is 438 g/mol. The zero-order valence-electron chi connectivity index (χ0n) is 19.2. The molecule has 7 nitrogen and oxygen atoms in total. The fourth-order valence-electron chi connectivity index (χ4n) is 4.57. The van der Waals surface area contributed by atoms with E-state index in [0.29, 0.717) is 17.0 Å². The van der Waals surface area contributed by atoms with Crippen molar-refractivity contribution >= 4 is 29.3 Å². The highest BCUT2D eigenvalue weighted by molar-refractivity contribution is 6.09. The van der Waals surface area contributed by atoms with Crippen LogP contribution in [0.3, 0.4) is 0 Å². The van der Waals surface area contributed by atoms with Gasteiger partial charge in [0.2, 0.25) is 0 Å². The normalized spacial score (nSPS) is 20.3. The Bertz CT molecular complexity index is 1150. The zero-order chi connectivity index (χ0) is 22.2. The summed E-state index contributed by atoms with van der Waals surface area (Å²) in [5.74, 6) is 1.39. The summed E-state index contributed by atoms with van der Waals surface area (Å²) in [7, 11) is 0. The van der Waals surface area contributed by atoms with Crippen LogP contribution in [0, 0.1) is 19.8 Å². The average molecular weight is 470 g/mol. The van der Waals surface area contributed by atoms with E-state index in [-0.39, 0.29) is 30.4 Å². The van der Waals surface area contributed by atoms with Gasteiger partial charge in [-0.05, 0) is 70.4 Å². The molecule has 0 spiro atoms. The van der Waals surface area contributed by atoms with Gasteiger partial charge in [0.15, 0.2) is 0 Å². The lowest BCUT2D eigenvalue weighted by Crippen LogP contribution is -2.40. The molecule has 2 saturated carbocycles. The lowest BCUT2D eigenvalue weighted by Gasteiger charge is -2.26. The van der Waals surface area contributed by atoms with Crippen LogP contribution in [0.1, 0.15) is 60.1 Å². The van der Waals surface area contributed by atoms with Gasteiger partial charge in [-0.2, -0.15) is 0 Å². The molecule has 0 atom stereocenters. The van der Waals surface area contributed by atoms with E-state index in [2.05, 4.69) is 39.3 Å². The molecule has 2 aromatic heterocycles. The molecule has 0 unspecified atom stereocenters. The number of aromatic amines is 1. The van der Waals surface area contributed by atoms with E-state index in [4.69, 9.17) is 10.5 Å². The van der Waals surface area contributed by atoms with Crippen LogP contribution >= 0.6 is 12.4 Å². The second-order valence-corrected chi connectivity index (χ2v) is 9.41. The molecule has 2 aliphatic carbocycles. The number of nitrogens with two attached hydrogens (primary N) is 1. The molecule has 1 aromatic carbocycles. The summed E-state index contributed by atoms with van der Waals surface area (Å²) < 4.78 is 6.15. The van der Waals surface area contributed by atoms with Crippen LogP contribution in [0.25, 0.3) is 22.3 Å². The van der Waals surface area contributed by atoms with Crippen molar-refractivity contribution in [2.75, 3.05) is 6.61 Å². The number of fused-ring (bicyclic) bond motifs is 1. The first kappa shape index (κ1) is 23.5. The second kappa shape index (κ2) is 9.69. The Hall–Kier alpha value is -2.64. The van der Waals surface area contributed by atoms with E-state index in [1.54, 1.807) is 0 Å². The van der Waals surface area contributed by atoms with Crippen molar-refractivity contribution in [3.8, 4) is 17.0 Å². The fourth-order valence-corrected chi connectivity index (χ4v) is 4.57. The van der Waals surface area contributed by atoms with Gasteiger partial charge in [-0.25, -0.2) is 9.97 Å². The third-order valence-electron chi connectivity index (χ3n) is 6.67. The molecule has 0 bridgehead atoms. The molecule has 8 heteroatoms. The number of hydrogen-bond acceptors (Lipinski definition) is 5. The van der Waals surface area contributed by atoms with E-state index in [1.165, 1.54) is 19.2 Å². The number of halogens is 1. The Morgan fingerprint density at radius 2 is 1.91 bits per heavy atom. The molecule has 3 aromatic rings. The first-order valence-corrected chi connectivity index (χ1v) is 11.6. The number of carbonyl (C=O) groups is 1. The monoisotopic (exact) mass is 469 g/mol. The van der Waals surface area contributed by atoms with Crippen LogP contribution in [-0.4, -0.2) is 39.5 Å². The third kappa shape index (κ3) is 4.99. The van der Waals surface area contributed by atoms with E-state index in [0.717, 1.165) is 66.1 Å². The van der Waals surface area contributed by atoms with Crippen molar-refractivity contribution in [2.24, 2.45) is 11.7 Å². The molecule has 5 rings (SSSR count). The summed E-state index contributed by atoms with van der Waals surface area (Å²) in [5, 5.41) is 3.19. The number of nitrogens with one attached hydrogen (secondary N) is 2. The molecular formula is C25H32ClN5O2. The number of amides is 1. The van der Waals surface area contributed by atoms with Gasteiger partial charge in [-0.3, -0.25) is 4.79 Å². The van der Waals surface area contributed by atoms with Crippen LogP contribution in [0.4, 0.5) is 0 Å². The fraction of sp³-hybridized carbons (Fsp3) is 0.480. The first-order chi connectivity index (χ1) is 15.5.